The fourth-order valence-electron chi connectivity index (χ4n) is 5.22. The molecule has 0 spiro atoms. The van der Waals surface area contributed by atoms with Gasteiger partial charge in [-0.05, 0) is 42.6 Å². The Kier molecular flexibility index (Phi) is 7.40. The fraction of sp³-hybridized carbons (Fsp3) is 0.400. The standard InChI is InChI=1S/C25H22F5IN8O3/c26-15-7-12(22(41)37-5-4-14(40)9-37)1-2-17(15)34-20-19-16(27)10-39(21(19)33-11-32-20)13-3-6-38(18(31)8-13)24-35-23(42-36-24)25(28,29)30/h1-2,7,10-11,13-14,18,40H,3-6,8-9H2,(H,32,33,34). The summed E-state index contributed by atoms with van der Waals surface area (Å²) in [6.07, 6.45) is -1.58. The summed E-state index contributed by atoms with van der Waals surface area (Å²) in [5.41, 5.74) is 0.345. The van der Waals surface area contributed by atoms with Gasteiger partial charge in [0.1, 0.15) is 23.6 Å². The SMILES string of the molecule is O=C(c1ccc(Nc2ncnc3c2c(F)cn3C2CCN(c3noc(C(F)(F)F)n3)C(I)C2)c(F)c1)N1CCC(O)C1. The summed E-state index contributed by atoms with van der Waals surface area (Å²) in [5, 5.41) is 16.0. The number of rotatable bonds is 5. The van der Waals surface area contributed by atoms with Crippen LogP contribution in [-0.4, -0.2) is 70.4 Å². The summed E-state index contributed by atoms with van der Waals surface area (Å²) in [7, 11) is 0. The van der Waals surface area contributed by atoms with Crippen LogP contribution in [0.4, 0.5) is 39.4 Å². The number of aliphatic hydroxyl groups is 1. The van der Waals surface area contributed by atoms with E-state index >= 15 is 8.78 Å². The lowest BCUT2D eigenvalue weighted by Gasteiger charge is -2.36. The van der Waals surface area contributed by atoms with Crippen molar-refractivity contribution in [3.05, 3.63) is 53.8 Å². The average Bonchev–Trinajstić information content (AvgIpc) is 3.69. The van der Waals surface area contributed by atoms with Gasteiger partial charge in [0.15, 0.2) is 5.82 Å². The van der Waals surface area contributed by atoms with Gasteiger partial charge >= 0.3 is 12.1 Å². The van der Waals surface area contributed by atoms with E-state index in [0.29, 0.717) is 25.8 Å². The third-order valence-electron chi connectivity index (χ3n) is 7.30. The molecular weight excluding hydrogens is 682 g/mol. The average molecular weight is 704 g/mol. The molecule has 2 fully saturated rings. The van der Waals surface area contributed by atoms with Gasteiger partial charge in [-0.25, -0.2) is 18.7 Å². The van der Waals surface area contributed by atoms with Gasteiger partial charge in [-0.3, -0.25) is 4.79 Å². The third kappa shape index (κ3) is 5.34. The van der Waals surface area contributed by atoms with Crippen molar-refractivity contribution >= 4 is 57.0 Å². The van der Waals surface area contributed by atoms with Crippen LogP contribution >= 0.6 is 22.6 Å². The van der Waals surface area contributed by atoms with Gasteiger partial charge in [0, 0.05) is 37.4 Å². The monoisotopic (exact) mass is 704 g/mol. The molecule has 3 atom stereocenters. The number of nitrogens with one attached hydrogen (secondary N) is 1. The van der Waals surface area contributed by atoms with Crippen LogP contribution in [0.25, 0.3) is 11.0 Å². The zero-order valence-corrected chi connectivity index (χ0v) is 23.7. The van der Waals surface area contributed by atoms with Crippen LogP contribution in [0.5, 0.6) is 0 Å². The normalized spacial score (nSPS) is 21.4. The van der Waals surface area contributed by atoms with Crippen LogP contribution in [0.1, 0.15) is 41.6 Å². The van der Waals surface area contributed by atoms with Gasteiger partial charge in [-0.15, -0.1) is 0 Å². The number of aliphatic hydroxyl groups excluding tert-OH is 1. The summed E-state index contributed by atoms with van der Waals surface area (Å²) < 4.78 is 74.7. The smallest absolute Gasteiger partial charge is 0.391 e. The van der Waals surface area contributed by atoms with Crippen molar-refractivity contribution in [1.29, 1.82) is 0 Å². The molecule has 3 unspecified atom stereocenters. The molecule has 6 rings (SSSR count). The maximum Gasteiger partial charge on any atom is 0.471 e. The number of likely N-dealkylation sites (tertiary alicyclic amines) is 1. The quantitative estimate of drug-likeness (QED) is 0.132. The molecule has 0 bridgehead atoms. The Bertz CT molecular complexity index is 1650. The molecule has 1 amide bonds. The molecule has 2 aliphatic heterocycles. The molecular formula is C25H22F5IN8O3. The molecule has 2 N–H and O–H groups in total. The number of halogens is 6. The summed E-state index contributed by atoms with van der Waals surface area (Å²) in [5.74, 6) is -3.38. The highest BCUT2D eigenvalue weighted by atomic mass is 127. The summed E-state index contributed by atoms with van der Waals surface area (Å²) in [6.45, 7) is 0.840. The molecule has 0 aliphatic carbocycles. The highest BCUT2D eigenvalue weighted by Gasteiger charge is 2.40. The van der Waals surface area contributed by atoms with Crippen LogP contribution in [0.2, 0.25) is 0 Å². The molecule has 11 nitrogen and oxygen atoms in total. The lowest BCUT2D eigenvalue weighted by Crippen LogP contribution is -2.40. The van der Waals surface area contributed by atoms with E-state index < -0.39 is 35.7 Å². The van der Waals surface area contributed by atoms with E-state index in [4.69, 9.17) is 0 Å². The van der Waals surface area contributed by atoms with Gasteiger partial charge in [0.05, 0.1) is 21.2 Å². The number of aromatic nitrogens is 5. The molecule has 0 radical (unpaired) electrons. The van der Waals surface area contributed by atoms with Gasteiger partial charge < -0.3 is 29.3 Å². The number of nitrogens with zero attached hydrogens (tertiary/aromatic N) is 7. The molecule has 42 heavy (non-hydrogen) atoms. The highest BCUT2D eigenvalue weighted by molar-refractivity contribution is 14.1. The van der Waals surface area contributed by atoms with Gasteiger partial charge in [0.25, 0.3) is 11.9 Å². The number of fused-ring (bicyclic) bond motifs is 1. The predicted octanol–water partition coefficient (Wildman–Crippen LogP) is 4.66. The lowest BCUT2D eigenvalue weighted by atomic mass is 10.1. The van der Waals surface area contributed by atoms with Gasteiger partial charge in [0.2, 0.25) is 0 Å². The predicted molar refractivity (Wildman–Crippen MR) is 146 cm³/mol. The largest absolute Gasteiger partial charge is 0.471 e. The van der Waals surface area contributed by atoms with E-state index in [9.17, 15) is 23.1 Å². The van der Waals surface area contributed by atoms with Crippen molar-refractivity contribution < 1.29 is 36.4 Å². The zero-order valence-electron chi connectivity index (χ0n) is 21.5. The van der Waals surface area contributed by atoms with Crippen molar-refractivity contribution in [1.82, 2.24) is 29.6 Å². The maximum absolute atomic E-state index is 15.3. The number of β-amino-alcohol motifs (C(OH)–C–C–N with tert-alkyl or cyclic N) is 1. The Morgan fingerprint density at radius 3 is 2.62 bits per heavy atom. The second-order valence-electron chi connectivity index (χ2n) is 10.0. The van der Waals surface area contributed by atoms with Crippen molar-refractivity contribution in [2.75, 3.05) is 29.9 Å². The number of amides is 1. The Balaban J connectivity index is 1.21. The number of piperidine rings is 1. The van der Waals surface area contributed by atoms with Crippen molar-refractivity contribution in [3.8, 4) is 0 Å². The lowest BCUT2D eigenvalue weighted by molar-refractivity contribution is -0.159. The molecule has 17 heteroatoms. The second kappa shape index (κ2) is 10.9. The molecule has 0 saturated carbocycles. The third-order valence-corrected chi connectivity index (χ3v) is 8.48. The fourth-order valence-corrected chi connectivity index (χ4v) is 6.34. The van der Waals surface area contributed by atoms with Gasteiger partial charge in [-0.2, -0.15) is 18.2 Å². The summed E-state index contributed by atoms with van der Waals surface area (Å²) in [4.78, 5) is 27.5. The Hall–Kier alpha value is -3.61. The number of carbonyl (C=O) groups excluding carboxylic acids is 1. The molecule has 4 aromatic rings. The number of anilines is 3. The van der Waals surface area contributed by atoms with Crippen molar-refractivity contribution in [2.45, 2.75) is 41.6 Å². The van der Waals surface area contributed by atoms with Gasteiger partial charge in [-0.1, -0.05) is 22.6 Å². The van der Waals surface area contributed by atoms with E-state index in [1.807, 2.05) is 0 Å². The number of benzene rings is 1. The van der Waals surface area contributed by atoms with E-state index in [0.717, 1.165) is 6.07 Å². The first kappa shape index (κ1) is 28.5. The first-order valence-electron chi connectivity index (χ1n) is 12.9. The molecule has 222 valence electrons. The summed E-state index contributed by atoms with van der Waals surface area (Å²) in [6, 6.07) is 3.60. The Morgan fingerprint density at radius 2 is 1.95 bits per heavy atom. The maximum atomic E-state index is 15.3. The molecule has 2 aliphatic rings. The number of hydrogen-bond acceptors (Lipinski definition) is 9. The molecule has 2 saturated heterocycles. The first-order valence-corrected chi connectivity index (χ1v) is 14.1. The topological polar surface area (TPSA) is 125 Å². The van der Waals surface area contributed by atoms with E-state index in [1.54, 1.807) is 9.47 Å². The van der Waals surface area contributed by atoms with E-state index in [1.165, 1.54) is 29.6 Å². The minimum atomic E-state index is -4.75. The number of hydrogen-bond donors (Lipinski definition) is 2. The minimum absolute atomic E-state index is 0.0202. The minimum Gasteiger partial charge on any atom is -0.391 e. The van der Waals surface area contributed by atoms with Crippen molar-refractivity contribution in [2.24, 2.45) is 0 Å². The summed E-state index contributed by atoms with van der Waals surface area (Å²) >= 11 is 2.06. The number of carbonyl (C=O) groups is 1. The van der Waals surface area contributed by atoms with E-state index in [-0.39, 0.29) is 57.2 Å². The van der Waals surface area contributed by atoms with Crippen LogP contribution in [0, 0.1) is 11.6 Å². The first-order chi connectivity index (χ1) is 20.0. The molecule has 5 heterocycles. The zero-order chi connectivity index (χ0) is 29.8. The van der Waals surface area contributed by atoms with Crippen molar-refractivity contribution in [3.63, 3.8) is 0 Å². The molecule has 3 aromatic heterocycles. The van der Waals surface area contributed by atoms with E-state index in [2.05, 4.69) is 52.5 Å². The molecule has 1 aromatic carbocycles. The Morgan fingerprint density at radius 1 is 1.14 bits per heavy atom. The van der Waals surface area contributed by atoms with Crippen LogP contribution in [-0.2, 0) is 6.18 Å². The highest BCUT2D eigenvalue weighted by Crippen LogP contribution is 2.38. The van der Waals surface area contributed by atoms with Crippen LogP contribution < -0.4 is 10.2 Å². The Labute approximate surface area is 247 Å². The number of alkyl halides is 4. The second-order valence-corrected chi connectivity index (χ2v) is 11.5. The van der Waals surface area contributed by atoms with Crippen LogP contribution in [0.3, 0.4) is 0 Å². The van der Waals surface area contributed by atoms with Crippen LogP contribution in [0.15, 0.2) is 35.2 Å².